The van der Waals surface area contributed by atoms with E-state index in [0.717, 1.165) is 59.2 Å². The van der Waals surface area contributed by atoms with Gasteiger partial charge >= 0.3 is 0 Å². The molecule has 0 unspecified atom stereocenters. The maximum Gasteiger partial charge on any atom is 0.164 e. The second kappa shape index (κ2) is 12.3. The van der Waals surface area contributed by atoms with Gasteiger partial charge in [0.15, 0.2) is 5.78 Å². The van der Waals surface area contributed by atoms with Gasteiger partial charge in [-0.05, 0) is 43.9 Å². The summed E-state index contributed by atoms with van der Waals surface area (Å²) in [6.45, 7) is 10.1. The molecule has 0 spiro atoms. The molecule has 3 aromatic rings. The molecule has 34 heavy (non-hydrogen) atoms. The normalized spacial score (nSPS) is 12.2. The minimum Gasteiger partial charge on any atom is -0.512 e. The second-order valence-electron chi connectivity index (χ2n) is 8.74. The van der Waals surface area contributed by atoms with Crippen LogP contribution in [-0.2, 0) is 24.9 Å². The van der Waals surface area contributed by atoms with Crippen LogP contribution in [0.4, 0.5) is 0 Å². The van der Waals surface area contributed by atoms with Gasteiger partial charge in [0.1, 0.15) is 5.75 Å². The predicted octanol–water partition coefficient (Wildman–Crippen LogP) is 8.07. The number of aromatic nitrogens is 1. The molecule has 4 nitrogen and oxygen atoms in total. The van der Waals surface area contributed by atoms with Crippen LogP contribution in [0.3, 0.4) is 0 Å². The number of rotatable bonds is 7. The van der Waals surface area contributed by atoms with E-state index in [1.165, 1.54) is 6.08 Å². The van der Waals surface area contributed by atoms with Gasteiger partial charge in [-0.2, -0.15) is 0 Å². The first-order valence-corrected chi connectivity index (χ1v) is 11.9. The van der Waals surface area contributed by atoms with Crippen molar-refractivity contribution in [2.24, 2.45) is 11.3 Å². The van der Waals surface area contributed by atoms with E-state index in [1.54, 1.807) is 6.20 Å². The quantitative estimate of drug-likeness (QED) is 0.127. The zero-order valence-corrected chi connectivity index (χ0v) is 23.0. The Bertz CT molecular complexity index is 1140. The molecule has 1 N–H and O–H groups in total. The molecule has 0 bridgehead atoms. The number of hydrogen-bond donors (Lipinski definition) is 1. The molecule has 0 saturated carbocycles. The maximum atomic E-state index is 12.0. The predicted molar refractivity (Wildman–Crippen MR) is 135 cm³/mol. The Morgan fingerprint density at radius 3 is 2.41 bits per heavy atom. The van der Waals surface area contributed by atoms with E-state index in [-0.39, 0.29) is 43.0 Å². The number of aliphatic hydroxyl groups is 1. The van der Waals surface area contributed by atoms with E-state index in [2.05, 4.69) is 17.1 Å². The zero-order chi connectivity index (χ0) is 24.0. The largest absolute Gasteiger partial charge is 0.512 e. The first kappa shape index (κ1) is 27.8. The third-order valence-electron chi connectivity index (χ3n) is 6.86. The summed E-state index contributed by atoms with van der Waals surface area (Å²) < 4.78 is 5.87. The fraction of sp³-hybridized carbons (Fsp3) is 0.379. The summed E-state index contributed by atoms with van der Waals surface area (Å²) in [5, 5.41) is 12.1. The van der Waals surface area contributed by atoms with Crippen LogP contribution in [-0.4, -0.2) is 15.9 Å². The van der Waals surface area contributed by atoms with Gasteiger partial charge in [0.05, 0.1) is 11.5 Å². The second-order valence-corrected chi connectivity index (χ2v) is 8.74. The van der Waals surface area contributed by atoms with Crippen LogP contribution >= 0.6 is 0 Å². The summed E-state index contributed by atoms with van der Waals surface area (Å²) >= 11 is 0. The molecule has 0 aliphatic carbocycles. The summed E-state index contributed by atoms with van der Waals surface area (Å²) in [6.07, 6.45) is 6.61. The number of fused-ring (bicyclic) bond motifs is 2. The van der Waals surface area contributed by atoms with Gasteiger partial charge in [0.2, 0.25) is 0 Å². The summed E-state index contributed by atoms with van der Waals surface area (Å²) in [6, 6.07) is 17.1. The van der Waals surface area contributed by atoms with Gasteiger partial charge in [-0.15, -0.1) is 23.8 Å². The molecule has 1 aliphatic rings. The van der Waals surface area contributed by atoms with Crippen molar-refractivity contribution < 1.29 is 34.7 Å². The number of carbonyl (C=O) groups is 1. The molecular formula is C29H34IrNO3-. The first-order chi connectivity index (χ1) is 15.9. The Hall–Kier alpha value is -2.49. The minimum absolute atomic E-state index is 0. The third kappa shape index (κ3) is 5.76. The van der Waals surface area contributed by atoms with Gasteiger partial charge in [0, 0.05) is 49.4 Å². The van der Waals surface area contributed by atoms with Crippen molar-refractivity contribution in [1.29, 1.82) is 0 Å². The molecule has 0 fully saturated rings. The van der Waals surface area contributed by atoms with Gasteiger partial charge < -0.3 is 14.8 Å². The van der Waals surface area contributed by atoms with Crippen molar-refractivity contribution in [1.82, 2.24) is 4.98 Å². The zero-order valence-electron chi connectivity index (χ0n) is 20.6. The number of aliphatic hydroxyl groups excluding tert-OH is 1. The summed E-state index contributed by atoms with van der Waals surface area (Å²) in [5.41, 5.74) is 1.58. The van der Waals surface area contributed by atoms with Crippen LogP contribution in [0.2, 0.25) is 0 Å². The number of nitrogens with zero attached hydrogens (tertiary/aromatic N) is 1. The number of allylic oxidation sites excluding steroid dienone is 2. The Labute approximate surface area is 216 Å². The van der Waals surface area contributed by atoms with E-state index >= 15 is 0 Å². The number of carbonyl (C=O) groups excluding carboxylic acids is 1. The molecule has 2 heterocycles. The van der Waals surface area contributed by atoms with E-state index in [9.17, 15) is 9.90 Å². The molecule has 1 aliphatic heterocycles. The van der Waals surface area contributed by atoms with Crippen LogP contribution in [0.15, 0.2) is 60.5 Å². The van der Waals surface area contributed by atoms with Crippen molar-refractivity contribution in [3.8, 4) is 22.8 Å². The van der Waals surface area contributed by atoms with E-state index < -0.39 is 0 Å². The number of hydrogen-bond acceptors (Lipinski definition) is 4. The van der Waals surface area contributed by atoms with Crippen molar-refractivity contribution in [2.75, 3.05) is 0 Å². The monoisotopic (exact) mass is 637 g/mol. The number of ether oxygens (including phenoxy) is 1. The first-order valence-electron chi connectivity index (χ1n) is 11.9. The Kier molecular flexibility index (Phi) is 10.0. The molecular weight excluding hydrogens is 603 g/mol. The van der Waals surface area contributed by atoms with Gasteiger partial charge in [0.25, 0.3) is 0 Å². The van der Waals surface area contributed by atoms with Gasteiger partial charge in [-0.3, -0.25) is 4.79 Å². The van der Waals surface area contributed by atoms with Crippen LogP contribution in [0.5, 0.6) is 11.5 Å². The number of benzene rings is 2. The van der Waals surface area contributed by atoms with Gasteiger partial charge in [-0.1, -0.05) is 57.5 Å². The van der Waals surface area contributed by atoms with Crippen molar-refractivity contribution in [3.05, 3.63) is 66.6 Å². The smallest absolute Gasteiger partial charge is 0.164 e. The average Bonchev–Trinajstić information content (AvgIpc) is 2.85. The third-order valence-corrected chi connectivity index (χ3v) is 6.86. The topological polar surface area (TPSA) is 59.4 Å². The van der Waals surface area contributed by atoms with Crippen molar-refractivity contribution in [3.63, 3.8) is 0 Å². The molecule has 0 saturated heterocycles. The fourth-order valence-electron chi connectivity index (χ4n) is 4.02. The summed E-state index contributed by atoms with van der Waals surface area (Å²) in [4.78, 5) is 16.4. The summed E-state index contributed by atoms with van der Waals surface area (Å²) in [5.74, 6) is 2.12. The Morgan fingerprint density at radius 2 is 1.76 bits per heavy atom. The van der Waals surface area contributed by atoms with Crippen LogP contribution in [0.25, 0.3) is 22.0 Å². The van der Waals surface area contributed by atoms with Gasteiger partial charge in [-0.25, -0.2) is 0 Å². The molecule has 0 atom stereocenters. The van der Waals surface area contributed by atoms with E-state index in [0.29, 0.717) is 0 Å². The van der Waals surface area contributed by atoms with E-state index in [1.807, 2.05) is 71.0 Å². The molecule has 4 rings (SSSR count). The minimum atomic E-state index is -0.319. The number of pyridine rings is 1. The van der Waals surface area contributed by atoms with E-state index in [4.69, 9.17) is 4.74 Å². The van der Waals surface area contributed by atoms with Crippen molar-refractivity contribution >= 4 is 16.6 Å². The van der Waals surface area contributed by atoms with Crippen LogP contribution < -0.4 is 4.74 Å². The van der Waals surface area contributed by atoms with Crippen molar-refractivity contribution in [2.45, 2.75) is 60.3 Å². The molecule has 1 aromatic heterocycles. The molecule has 2 aromatic carbocycles. The van der Waals surface area contributed by atoms with Crippen LogP contribution in [0.1, 0.15) is 60.3 Å². The maximum absolute atomic E-state index is 12.0. The molecule has 0 amide bonds. The molecule has 183 valence electrons. The number of ketones is 1. The molecule has 5 heteroatoms. The van der Waals surface area contributed by atoms with Crippen LogP contribution in [0, 0.1) is 17.4 Å². The SMILES string of the molecule is CCC(CC)/C(O)=C/C(=O)C(C)(CC)CC.[Ir].[c-]1ccc2cccc3c2c1-c1ncccc1O3. The standard InChI is InChI=1S/C15H8NO.C14H26O2.Ir/c1-4-10-5-2-7-12-14(10)11(6-1)15-13(17-12)8-3-9-16-15;1-6-11(7-2)12(15)10-13(16)14(5,8-3)9-4;/h1-5,7-9H;10-11,15H,6-9H2,1-5H3;/q-1;;/b;12-10-;. The fourth-order valence-corrected chi connectivity index (χ4v) is 4.02. The summed E-state index contributed by atoms with van der Waals surface area (Å²) in [7, 11) is 0. The molecule has 1 radical (unpaired) electrons. The Balaban J connectivity index is 0.000000234. The Morgan fingerprint density at radius 1 is 1.09 bits per heavy atom. The average molecular weight is 637 g/mol.